The van der Waals surface area contributed by atoms with E-state index < -0.39 is 0 Å². The van der Waals surface area contributed by atoms with Crippen LogP contribution < -0.4 is 5.32 Å². The van der Waals surface area contributed by atoms with Crippen molar-refractivity contribution >= 4 is 33.6 Å². The number of rotatable bonds is 7. The lowest BCUT2D eigenvalue weighted by Gasteiger charge is -2.23. The van der Waals surface area contributed by atoms with Crippen LogP contribution in [-0.2, 0) is 4.79 Å². The molecule has 0 aromatic rings. The Bertz CT molecular complexity index is 174. The summed E-state index contributed by atoms with van der Waals surface area (Å²) >= 11 is 5.12. The fraction of sp³-hybridized carbons (Fsp3) is 0.900. The molecule has 1 amide bonds. The SMILES string of the molecule is CSCCC(=O)NCC(C)(C)CCBr. The van der Waals surface area contributed by atoms with Crippen molar-refractivity contribution in [3.8, 4) is 0 Å². The molecule has 0 aliphatic carbocycles. The van der Waals surface area contributed by atoms with Gasteiger partial charge in [-0.3, -0.25) is 4.79 Å². The van der Waals surface area contributed by atoms with Crippen LogP contribution in [0.3, 0.4) is 0 Å². The first-order valence-corrected chi connectivity index (χ1v) is 7.35. The highest BCUT2D eigenvalue weighted by Crippen LogP contribution is 2.19. The molecule has 0 saturated heterocycles. The zero-order chi connectivity index (χ0) is 11.0. The van der Waals surface area contributed by atoms with Gasteiger partial charge in [-0.2, -0.15) is 11.8 Å². The van der Waals surface area contributed by atoms with Crippen LogP contribution in [0.25, 0.3) is 0 Å². The number of alkyl halides is 1. The van der Waals surface area contributed by atoms with Gasteiger partial charge in [-0.1, -0.05) is 29.8 Å². The van der Waals surface area contributed by atoms with E-state index in [-0.39, 0.29) is 11.3 Å². The molecule has 2 nitrogen and oxygen atoms in total. The molecule has 0 aromatic heterocycles. The predicted octanol–water partition coefficient (Wildman–Crippen LogP) is 2.67. The Labute approximate surface area is 99.7 Å². The van der Waals surface area contributed by atoms with Gasteiger partial charge in [0.25, 0.3) is 0 Å². The van der Waals surface area contributed by atoms with Crippen molar-refractivity contribution in [2.45, 2.75) is 26.7 Å². The summed E-state index contributed by atoms with van der Waals surface area (Å²) in [5, 5.41) is 3.96. The number of hydrogen-bond acceptors (Lipinski definition) is 2. The normalized spacial score (nSPS) is 11.4. The van der Waals surface area contributed by atoms with Crippen LogP contribution in [0.1, 0.15) is 26.7 Å². The molecule has 0 radical (unpaired) electrons. The average Bonchev–Trinajstić information content (AvgIpc) is 2.11. The summed E-state index contributed by atoms with van der Waals surface area (Å²) in [6, 6.07) is 0. The van der Waals surface area contributed by atoms with E-state index >= 15 is 0 Å². The van der Waals surface area contributed by atoms with E-state index in [2.05, 4.69) is 35.1 Å². The summed E-state index contributed by atoms with van der Waals surface area (Å²) in [5.74, 6) is 1.08. The zero-order valence-electron chi connectivity index (χ0n) is 9.23. The summed E-state index contributed by atoms with van der Waals surface area (Å²) in [6.45, 7) is 5.11. The molecule has 84 valence electrons. The quantitative estimate of drug-likeness (QED) is 0.727. The Morgan fingerprint density at radius 2 is 2.14 bits per heavy atom. The van der Waals surface area contributed by atoms with Gasteiger partial charge in [0.1, 0.15) is 0 Å². The van der Waals surface area contributed by atoms with Gasteiger partial charge in [0.05, 0.1) is 0 Å². The molecular formula is C10H20BrNOS. The van der Waals surface area contributed by atoms with E-state index in [0.29, 0.717) is 6.42 Å². The van der Waals surface area contributed by atoms with Gasteiger partial charge in [-0.05, 0) is 18.1 Å². The highest BCUT2D eigenvalue weighted by molar-refractivity contribution is 9.09. The lowest BCUT2D eigenvalue weighted by molar-refractivity contribution is -0.121. The predicted molar refractivity (Wildman–Crippen MR) is 68.2 cm³/mol. The van der Waals surface area contributed by atoms with E-state index in [4.69, 9.17) is 0 Å². The Balaban J connectivity index is 3.64. The first-order valence-electron chi connectivity index (χ1n) is 4.83. The minimum absolute atomic E-state index is 0.169. The van der Waals surface area contributed by atoms with Crippen molar-refractivity contribution in [3.63, 3.8) is 0 Å². The summed E-state index contributed by atoms with van der Waals surface area (Å²) in [7, 11) is 0. The van der Waals surface area contributed by atoms with Crippen molar-refractivity contribution in [1.82, 2.24) is 5.32 Å². The molecule has 4 heteroatoms. The van der Waals surface area contributed by atoms with Crippen LogP contribution >= 0.6 is 27.7 Å². The molecular weight excluding hydrogens is 262 g/mol. The Kier molecular flexibility index (Phi) is 7.74. The molecule has 1 N–H and O–H groups in total. The second kappa shape index (κ2) is 7.57. The van der Waals surface area contributed by atoms with E-state index in [1.807, 2.05) is 6.26 Å². The molecule has 0 heterocycles. The van der Waals surface area contributed by atoms with Crippen LogP contribution in [0.4, 0.5) is 0 Å². The van der Waals surface area contributed by atoms with Crippen LogP contribution in [0.15, 0.2) is 0 Å². The average molecular weight is 282 g/mol. The number of thioether (sulfide) groups is 1. The van der Waals surface area contributed by atoms with E-state index in [0.717, 1.165) is 24.0 Å². The standard InChI is InChI=1S/C10H20BrNOS/c1-10(2,5-6-11)8-12-9(13)4-7-14-3/h4-8H2,1-3H3,(H,12,13). The molecule has 0 aromatic carbocycles. The molecule has 0 spiro atoms. The molecule has 0 fully saturated rings. The zero-order valence-corrected chi connectivity index (χ0v) is 11.6. The molecule has 0 bridgehead atoms. The third kappa shape index (κ3) is 7.68. The minimum atomic E-state index is 0.169. The molecule has 0 rings (SSSR count). The smallest absolute Gasteiger partial charge is 0.220 e. The molecule has 0 aliphatic heterocycles. The van der Waals surface area contributed by atoms with Gasteiger partial charge < -0.3 is 5.32 Å². The topological polar surface area (TPSA) is 29.1 Å². The second-order valence-electron chi connectivity index (χ2n) is 4.12. The number of nitrogens with one attached hydrogen (secondary N) is 1. The Morgan fingerprint density at radius 1 is 1.50 bits per heavy atom. The molecule has 0 atom stereocenters. The number of amides is 1. The number of hydrogen-bond donors (Lipinski definition) is 1. The Hall–Kier alpha value is 0.300. The monoisotopic (exact) mass is 281 g/mol. The first kappa shape index (κ1) is 14.3. The fourth-order valence-electron chi connectivity index (χ4n) is 0.965. The fourth-order valence-corrected chi connectivity index (χ4v) is 2.43. The second-order valence-corrected chi connectivity index (χ2v) is 5.90. The van der Waals surface area contributed by atoms with Crippen LogP contribution in [0, 0.1) is 5.41 Å². The van der Waals surface area contributed by atoms with Crippen molar-refractivity contribution in [3.05, 3.63) is 0 Å². The molecule has 14 heavy (non-hydrogen) atoms. The minimum Gasteiger partial charge on any atom is -0.356 e. The summed E-state index contributed by atoms with van der Waals surface area (Å²) in [4.78, 5) is 11.3. The first-order chi connectivity index (χ1) is 6.52. The highest BCUT2D eigenvalue weighted by Gasteiger charge is 2.17. The van der Waals surface area contributed by atoms with E-state index in [9.17, 15) is 4.79 Å². The van der Waals surface area contributed by atoms with Gasteiger partial charge in [0.15, 0.2) is 0 Å². The maximum atomic E-state index is 11.3. The lowest BCUT2D eigenvalue weighted by atomic mass is 9.90. The van der Waals surface area contributed by atoms with Crippen LogP contribution in [-0.4, -0.2) is 29.8 Å². The largest absolute Gasteiger partial charge is 0.356 e. The van der Waals surface area contributed by atoms with Crippen molar-refractivity contribution in [2.24, 2.45) is 5.41 Å². The van der Waals surface area contributed by atoms with Gasteiger partial charge in [0, 0.05) is 24.0 Å². The molecule has 0 unspecified atom stereocenters. The van der Waals surface area contributed by atoms with Crippen molar-refractivity contribution in [1.29, 1.82) is 0 Å². The van der Waals surface area contributed by atoms with E-state index in [1.165, 1.54) is 0 Å². The lowest BCUT2D eigenvalue weighted by Crippen LogP contribution is -2.34. The maximum Gasteiger partial charge on any atom is 0.220 e. The van der Waals surface area contributed by atoms with E-state index in [1.54, 1.807) is 11.8 Å². The van der Waals surface area contributed by atoms with Gasteiger partial charge in [0.2, 0.25) is 5.91 Å². The molecule has 0 saturated carbocycles. The third-order valence-electron chi connectivity index (χ3n) is 2.07. The van der Waals surface area contributed by atoms with Crippen LogP contribution in [0.5, 0.6) is 0 Å². The molecule has 0 aliphatic rings. The maximum absolute atomic E-state index is 11.3. The summed E-state index contributed by atoms with van der Waals surface area (Å²) < 4.78 is 0. The third-order valence-corrected chi connectivity index (χ3v) is 3.08. The van der Waals surface area contributed by atoms with Gasteiger partial charge in [-0.15, -0.1) is 0 Å². The summed E-state index contributed by atoms with van der Waals surface area (Å²) in [6.07, 6.45) is 3.73. The number of carbonyl (C=O) groups excluding carboxylic acids is 1. The van der Waals surface area contributed by atoms with Crippen molar-refractivity contribution in [2.75, 3.05) is 23.9 Å². The van der Waals surface area contributed by atoms with Crippen LogP contribution in [0.2, 0.25) is 0 Å². The number of carbonyl (C=O) groups is 1. The number of halogens is 1. The Morgan fingerprint density at radius 3 is 2.64 bits per heavy atom. The highest BCUT2D eigenvalue weighted by atomic mass is 79.9. The summed E-state index contributed by atoms with van der Waals surface area (Å²) in [5.41, 5.74) is 0.193. The van der Waals surface area contributed by atoms with Gasteiger partial charge in [-0.25, -0.2) is 0 Å². The van der Waals surface area contributed by atoms with Crippen molar-refractivity contribution < 1.29 is 4.79 Å². The van der Waals surface area contributed by atoms with Gasteiger partial charge >= 0.3 is 0 Å².